The van der Waals surface area contributed by atoms with Gasteiger partial charge in [-0.2, -0.15) is 0 Å². The molecule has 1 aliphatic rings. The molecule has 21 heavy (non-hydrogen) atoms. The first-order chi connectivity index (χ1) is 10.1. The molecule has 1 unspecified atom stereocenters. The zero-order valence-electron chi connectivity index (χ0n) is 12.2. The summed E-state index contributed by atoms with van der Waals surface area (Å²) in [5.41, 5.74) is 0.948. The summed E-state index contributed by atoms with van der Waals surface area (Å²) in [4.78, 5) is 23.1. The maximum atomic E-state index is 11.9. The highest BCUT2D eigenvalue weighted by Crippen LogP contribution is 2.33. The van der Waals surface area contributed by atoms with Crippen molar-refractivity contribution in [1.82, 2.24) is 5.32 Å². The Balaban J connectivity index is 1.84. The van der Waals surface area contributed by atoms with Crippen molar-refractivity contribution in [1.29, 1.82) is 0 Å². The van der Waals surface area contributed by atoms with E-state index in [4.69, 9.17) is 9.84 Å². The second-order valence-corrected chi connectivity index (χ2v) is 5.45. The fourth-order valence-corrected chi connectivity index (χ4v) is 2.33. The van der Waals surface area contributed by atoms with Crippen LogP contribution >= 0.6 is 0 Å². The molecule has 0 aliphatic heterocycles. The Hall–Kier alpha value is -2.04. The van der Waals surface area contributed by atoms with E-state index in [1.54, 1.807) is 7.11 Å². The molecule has 1 atom stereocenters. The summed E-state index contributed by atoms with van der Waals surface area (Å²) >= 11 is 0. The number of carboxylic acids is 1. The van der Waals surface area contributed by atoms with Crippen LogP contribution in [0.5, 0.6) is 5.75 Å². The van der Waals surface area contributed by atoms with Gasteiger partial charge < -0.3 is 15.2 Å². The fraction of sp³-hybridized carbons (Fsp3) is 0.500. The van der Waals surface area contributed by atoms with Crippen LogP contribution in [0.15, 0.2) is 24.3 Å². The molecule has 0 bridgehead atoms. The third-order valence-electron chi connectivity index (χ3n) is 3.71. The SMILES string of the molecule is COc1ccccc1CCC(=O)NC(CC1CC1)C(=O)O. The molecule has 1 amide bonds. The average Bonchev–Trinajstić information content (AvgIpc) is 3.28. The van der Waals surface area contributed by atoms with Crippen molar-refractivity contribution in [3.8, 4) is 5.75 Å². The molecule has 0 radical (unpaired) electrons. The Labute approximate surface area is 124 Å². The molecular weight excluding hydrogens is 270 g/mol. The van der Waals surface area contributed by atoms with Crippen LogP contribution in [0.1, 0.15) is 31.2 Å². The van der Waals surface area contributed by atoms with Gasteiger partial charge in [-0.1, -0.05) is 31.0 Å². The molecule has 0 aromatic heterocycles. The number of nitrogens with one attached hydrogen (secondary N) is 1. The molecule has 1 aromatic rings. The molecule has 1 aromatic carbocycles. The molecule has 1 saturated carbocycles. The Morgan fingerprint density at radius 3 is 2.71 bits per heavy atom. The monoisotopic (exact) mass is 291 g/mol. The lowest BCUT2D eigenvalue weighted by molar-refractivity contribution is -0.142. The van der Waals surface area contributed by atoms with E-state index in [0.29, 0.717) is 18.8 Å². The van der Waals surface area contributed by atoms with Gasteiger partial charge in [0.2, 0.25) is 5.91 Å². The minimum atomic E-state index is -0.951. The number of carboxylic acid groups (broad SMARTS) is 1. The van der Waals surface area contributed by atoms with E-state index < -0.39 is 12.0 Å². The number of ether oxygens (including phenoxy) is 1. The van der Waals surface area contributed by atoms with E-state index in [1.807, 2.05) is 24.3 Å². The molecule has 2 rings (SSSR count). The molecule has 0 saturated heterocycles. The minimum absolute atomic E-state index is 0.228. The number of para-hydroxylation sites is 1. The van der Waals surface area contributed by atoms with Gasteiger partial charge in [0, 0.05) is 6.42 Å². The van der Waals surface area contributed by atoms with E-state index in [1.165, 1.54) is 0 Å². The van der Waals surface area contributed by atoms with Crippen LogP contribution in [0.3, 0.4) is 0 Å². The van der Waals surface area contributed by atoms with E-state index in [9.17, 15) is 9.59 Å². The van der Waals surface area contributed by atoms with E-state index >= 15 is 0 Å². The van der Waals surface area contributed by atoms with Gasteiger partial charge in [-0.15, -0.1) is 0 Å². The highest BCUT2D eigenvalue weighted by molar-refractivity contribution is 5.83. The summed E-state index contributed by atoms with van der Waals surface area (Å²) in [5.74, 6) is 0.0279. The molecule has 1 aliphatic carbocycles. The zero-order chi connectivity index (χ0) is 15.2. The van der Waals surface area contributed by atoms with Gasteiger partial charge in [0.15, 0.2) is 0 Å². The second-order valence-electron chi connectivity index (χ2n) is 5.45. The number of aryl methyl sites for hydroxylation is 1. The second kappa shape index (κ2) is 7.11. The third-order valence-corrected chi connectivity index (χ3v) is 3.71. The van der Waals surface area contributed by atoms with Crippen molar-refractivity contribution >= 4 is 11.9 Å². The van der Waals surface area contributed by atoms with E-state index in [-0.39, 0.29) is 12.3 Å². The summed E-state index contributed by atoms with van der Waals surface area (Å²) in [6.07, 6.45) is 3.47. The first kappa shape index (κ1) is 15.4. The summed E-state index contributed by atoms with van der Waals surface area (Å²) in [5, 5.41) is 11.7. The Bertz CT molecular complexity index is 511. The average molecular weight is 291 g/mol. The maximum Gasteiger partial charge on any atom is 0.326 e. The van der Waals surface area contributed by atoms with Crippen LogP contribution < -0.4 is 10.1 Å². The smallest absolute Gasteiger partial charge is 0.326 e. The number of rotatable bonds is 8. The van der Waals surface area contributed by atoms with Crippen molar-refractivity contribution in [2.24, 2.45) is 5.92 Å². The van der Waals surface area contributed by atoms with Crippen LogP contribution in [0.25, 0.3) is 0 Å². The van der Waals surface area contributed by atoms with Crippen LogP contribution in [0.2, 0.25) is 0 Å². The molecule has 5 heteroatoms. The number of carbonyl (C=O) groups excluding carboxylic acids is 1. The number of benzene rings is 1. The van der Waals surface area contributed by atoms with Gasteiger partial charge in [-0.05, 0) is 30.4 Å². The summed E-state index contributed by atoms with van der Waals surface area (Å²) < 4.78 is 5.23. The lowest BCUT2D eigenvalue weighted by atomic mass is 10.1. The molecule has 0 heterocycles. The van der Waals surface area contributed by atoms with Crippen molar-refractivity contribution < 1.29 is 19.4 Å². The molecule has 2 N–H and O–H groups in total. The van der Waals surface area contributed by atoms with Gasteiger partial charge in [0.25, 0.3) is 0 Å². The number of hydrogen-bond donors (Lipinski definition) is 2. The van der Waals surface area contributed by atoms with Crippen molar-refractivity contribution in [3.05, 3.63) is 29.8 Å². The quantitative estimate of drug-likeness (QED) is 0.768. The zero-order valence-corrected chi connectivity index (χ0v) is 12.2. The maximum absolute atomic E-state index is 11.9. The highest BCUT2D eigenvalue weighted by atomic mass is 16.5. The highest BCUT2D eigenvalue weighted by Gasteiger charge is 2.30. The topological polar surface area (TPSA) is 75.6 Å². The third kappa shape index (κ3) is 4.77. The Morgan fingerprint density at radius 1 is 1.38 bits per heavy atom. The van der Waals surface area contributed by atoms with E-state index in [2.05, 4.69) is 5.32 Å². The first-order valence-electron chi connectivity index (χ1n) is 7.24. The van der Waals surface area contributed by atoms with Gasteiger partial charge in [-0.25, -0.2) is 4.79 Å². The van der Waals surface area contributed by atoms with Crippen LogP contribution in [0.4, 0.5) is 0 Å². The Kier molecular flexibility index (Phi) is 5.20. The molecular formula is C16H21NO4. The van der Waals surface area contributed by atoms with Crippen LogP contribution in [-0.2, 0) is 16.0 Å². The predicted molar refractivity (Wildman–Crippen MR) is 78.2 cm³/mol. The van der Waals surface area contributed by atoms with Gasteiger partial charge in [0.1, 0.15) is 11.8 Å². The summed E-state index contributed by atoms with van der Waals surface area (Å²) in [7, 11) is 1.59. The summed E-state index contributed by atoms with van der Waals surface area (Å²) in [6, 6.07) is 6.76. The van der Waals surface area contributed by atoms with Gasteiger partial charge >= 0.3 is 5.97 Å². The number of amides is 1. The molecule has 1 fully saturated rings. The van der Waals surface area contributed by atoms with Gasteiger partial charge in [0.05, 0.1) is 7.11 Å². The summed E-state index contributed by atoms with van der Waals surface area (Å²) in [6.45, 7) is 0. The van der Waals surface area contributed by atoms with Crippen molar-refractivity contribution in [2.75, 3.05) is 7.11 Å². The lowest BCUT2D eigenvalue weighted by Gasteiger charge is -2.14. The van der Waals surface area contributed by atoms with Crippen LogP contribution in [0, 0.1) is 5.92 Å². The fourth-order valence-electron chi connectivity index (χ4n) is 2.33. The normalized spacial score (nSPS) is 15.3. The molecule has 114 valence electrons. The lowest BCUT2D eigenvalue weighted by Crippen LogP contribution is -2.41. The minimum Gasteiger partial charge on any atom is -0.496 e. The largest absolute Gasteiger partial charge is 0.496 e. The number of carbonyl (C=O) groups is 2. The van der Waals surface area contributed by atoms with Crippen LogP contribution in [-0.4, -0.2) is 30.1 Å². The number of hydrogen-bond acceptors (Lipinski definition) is 3. The Morgan fingerprint density at radius 2 is 2.10 bits per heavy atom. The predicted octanol–water partition coefficient (Wildman–Crippen LogP) is 2.00. The molecule has 5 nitrogen and oxygen atoms in total. The van der Waals surface area contributed by atoms with Crippen molar-refractivity contribution in [2.45, 2.75) is 38.1 Å². The standard InChI is InChI=1S/C16H21NO4/c1-21-14-5-3-2-4-12(14)8-9-15(18)17-13(16(19)20)10-11-6-7-11/h2-5,11,13H,6-10H2,1H3,(H,17,18)(H,19,20). The van der Waals surface area contributed by atoms with Crippen molar-refractivity contribution in [3.63, 3.8) is 0 Å². The van der Waals surface area contributed by atoms with Gasteiger partial charge in [-0.3, -0.25) is 4.79 Å². The number of methoxy groups -OCH3 is 1. The molecule has 0 spiro atoms. The first-order valence-corrected chi connectivity index (χ1v) is 7.24. The van der Waals surface area contributed by atoms with E-state index in [0.717, 1.165) is 24.2 Å². The number of aliphatic carboxylic acids is 1.